The number of para-hydroxylation sites is 8. The summed E-state index contributed by atoms with van der Waals surface area (Å²) < 4.78 is 272. The van der Waals surface area contributed by atoms with Crippen LogP contribution in [0.4, 0.5) is 111 Å². The molecule has 0 amide bonds. The minimum absolute atomic E-state index is 0. The number of nitrogens with zero attached hydrogens (tertiary/aromatic N) is 8. The largest absolute Gasteiger partial charge is 1.00 e. The summed E-state index contributed by atoms with van der Waals surface area (Å²) in [5.74, 6) is -37.0. The van der Waals surface area contributed by atoms with Crippen LogP contribution in [0.15, 0.2) is 291 Å². The molecule has 20 aromatic rings. The van der Waals surface area contributed by atoms with E-state index in [4.69, 9.17) is 45.2 Å². The van der Waals surface area contributed by atoms with Crippen molar-refractivity contribution in [1.29, 1.82) is 0 Å². The minimum Gasteiger partial charge on any atom is -0.492 e. The molecule has 4 aromatic heterocycles. The van der Waals surface area contributed by atoms with Gasteiger partial charge in [-0.1, -0.05) is 194 Å². The van der Waals surface area contributed by atoms with Crippen LogP contribution in [0.1, 0.15) is 0 Å². The van der Waals surface area contributed by atoms with Gasteiger partial charge in [0, 0.05) is 87.2 Å². The summed E-state index contributed by atoms with van der Waals surface area (Å²) in [5, 5.41) is 12.6. The third-order valence-electron chi connectivity index (χ3n) is 21.2. The van der Waals surface area contributed by atoms with Crippen molar-refractivity contribution < 1.29 is 218 Å². The second-order valence-electron chi connectivity index (χ2n) is 29.9. The molecule has 16 aromatic carbocycles. The third-order valence-corrected chi connectivity index (χ3v) is 23.4. The maximum Gasteiger partial charge on any atom is 1.00 e. The van der Waals surface area contributed by atoms with E-state index in [1.165, 1.54) is 97.9 Å². The van der Waals surface area contributed by atoms with E-state index < -0.39 is 116 Å². The number of fused-ring (bicyclic) bond motifs is 12. The first-order valence-corrected chi connectivity index (χ1v) is 44.7. The van der Waals surface area contributed by atoms with E-state index in [0.717, 1.165) is 73.4 Å². The molecular weight excluding hydrogens is 2740 g/mol. The van der Waals surface area contributed by atoms with Crippen LogP contribution in [-0.4, -0.2) is 55.4 Å². The molecule has 0 saturated carbocycles. The van der Waals surface area contributed by atoms with Crippen molar-refractivity contribution in [1.82, 2.24) is 18.3 Å². The predicted molar refractivity (Wildman–Crippen MR) is 501 cm³/mol. The number of halogens is 22. The molecule has 0 bridgehead atoms. The molecule has 768 valence electrons. The smallest absolute Gasteiger partial charge is 0.492 e. The van der Waals surface area contributed by atoms with Gasteiger partial charge in [0.2, 0.25) is 0 Å². The SMILES string of the molecule is C1[Cl+]C[Cl+]1.Fc1[c-]c(F)c(F)c(F)c1F.Fc1[c-]c(F)c(F)c(F)c1F.Fc1[c-]c(F)c(F)c(F)c1F.Fc1[c-]c(F)c(F)c(F)c1F.[Au+].[Au+].[Au+].[Au+].[C-]#[N+]c1ccc(OCCn2c3ccccc3c3ccccc32)cc1.[C-]#[N+]c1ccc(OCCn2c3ccccc3c3ccccc32)cc1.[C-]#[N+]c1ccc(OCCn2c3ccccc3c3ccccc32)cc1.[C-]#[N+]c1ccc(OCCn2c3ccccc3c3ccccc32)cc1. The Morgan fingerprint density at radius 1 is 0.203 bits per heavy atom. The van der Waals surface area contributed by atoms with E-state index in [2.05, 4.69) is 253 Å². The van der Waals surface area contributed by atoms with Gasteiger partial charge in [0.15, 0.2) is 22.7 Å². The zero-order valence-electron chi connectivity index (χ0n) is 75.5. The van der Waals surface area contributed by atoms with Crippen LogP contribution in [0.25, 0.3) is 107 Å². The first-order chi connectivity index (χ1) is 69.6. The molecule has 0 atom stereocenters. The van der Waals surface area contributed by atoms with Crippen molar-refractivity contribution in [2.45, 2.75) is 26.2 Å². The summed E-state index contributed by atoms with van der Waals surface area (Å²) in [6.07, 6.45) is 0. The van der Waals surface area contributed by atoms with Crippen molar-refractivity contribution in [3.05, 3.63) is 477 Å². The van der Waals surface area contributed by atoms with Crippen LogP contribution in [0.5, 0.6) is 23.0 Å². The van der Waals surface area contributed by atoms with Gasteiger partial charge in [0.25, 0.3) is 21.6 Å². The van der Waals surface area contributed by atoms with Gasteiger partial charge in [-0.05, 0) is 97.1 Å². The molecule has 38 heteroatoms. The molecule has 21 rings (SSSR count). The quantitative estimate of drug-likeness (QED) is 0.0241. The summed E-state index contributed by atoms with van der Waals surface area (Å²) in [4.78, 5) is 13.6. The molecule has 12 nitrogen and oxygen atoms in total. The molecule has 1 fully saturated rings. The van der Waals surface area contributed by atoms with Crippen molar-refractivity contribution >= 4 is 110 Å². The first-order valence-electron chi connectivity index (χ1n) is 42.6. The van der Waals surface area contributed by atoms with Gasteiger partial charge in [-0.3, -0.25) is 35.1 Å². The van der Waals surface area contributed by atoms with Gasteiger partial charge in [-0.15, -0.1) is 24.3 Å². The predicted octanol–water partition coefficient (Wildman–Crippen LogP) is 30.5. The molecule has 0 aliphatic carbocycles. The van der Waals surface area contributed by atoms with E-state index in [9.17, 15) is 87.8 Å². The van der Waals surface area contributed by atoms with Crippen LogP contribution in [0.3, 0.4) is 0 Å². The molecule has 0 spiro atoms. The minimum atomic E-state index is -2.17. The number of ether oxygens (including phenoxy) is 4. The zero-order valence-corrected chi connectivity index (χ0v) is 85.7. The Kier molecular flexibility index (Phi) is 45.1. The molecule has 5 heterocycles. The average molecular weight is 2800 g/mol. The topological polar surface area (TPSA) is 74.1 Å². The molecule has 148 heavy (non-hydrogen) atoms. The molecule has 0 radical (unpaired) electrons. The molecular formula is C110H68Au4Cl2F20N8O4+2. The van der Waals surface area contributed by atoms with Crippen LogP contribution < -0.4 is 18.9 Å². The summed E-state index contributed by atoms with van der Waals surface area (Å²) in [7, 11) is 4.67. The molecule has 1 aliphatic rings. The summed E-state index contributed by atoms with van der Waals surface area (Å²) in [6, 6.07) is 101. The summed E-state index contributed by atoms with van der Waals surface area (Å²) in [6.45, 7) is 33.4. The van der Waals surface area contributed by atoms with Crippen LogP contribution in [0, 0.1) is 188 Å². The van der Waals surface area contributed by atoms with E-state index in [-0.39, 0.29) is 89.5 Å². The molecule has 0 N–H and O–H groups in total. The van der Waals surface area contributed by atoms with Crippen LogP contribution in [-0.2, 0) is 116 Å². The molecule has 1 aliphatic heterocycles. The number of aromatic nitrogens is 4. The number of rotatable bonds is 16. The maximum atomic E-state index is 12.0. The molecule has 1 saturated heterocycles. The van der Waals surface area contributed by atoms with Crippen LogP contribution in [0.2, 0.25) is 0 Å². The average Bonchev–Trinajstić information content (AvgIpc) is 1.63. The Labute approximate surface area is 902 Å². The van der Waals surface area contributed by atoms with Crippen molar-refractivity contribution in [2.24, 2.45) is 0 Å². The number of hydrogen-bond donors (Lipinski definition) is 0. The zero-order chi connectivity index (χ0) is 103. The van der Waals surface area contributed by atoms with Gasteiger partial charge < -0.3 is 37.2 Å². The van der Waals surface area contributed by atoms with Crippen LogP contribution >= 0.6 is 0 Å². The summed E-state index contributed by atoms with van der Waals surface area (Å²) >= 11 is 0. The van der Waals surface area contributed by atoms with Crippen molar-refractivity contribution in [2.75, 3.05) is 37.1 Å². The van der Waals surface area contributed by atoms with E-state index in [1.54, 1.807) is 48.5 Å². The van der Waals surface area contributed by atoms with Gasteiger partial charge in [0.05, 0.1) is 169 Å². The monoisotopic (exact) mass is 2800 g/mol. The number of hydrogen-bond acceptors (Lipinski definition) is 4. The Bertz CT molecular complexity index is 6890. The Balaban J connectivity index is 0.000000190. The second kappa shape index (κ2) is 56.8. The van der Waals surface area contributed by atoms with E-state index in [1.807, 2.05) is 48.5 Å². The van der Waals surface area contributed by atoms with Gasteiger partial charge in [-0.25, -0.2) is 72.1 Å². The fourth-order valence-electron chi connectivity index (χ4n) is 14.5. The number of benzene rings is 16. The fourth-order valence-corrected chi connectivity index (χ4v) is 15.1. The Hall–Kier alpha value is -14.0. The normalized spacial score (nSPS) is 10.7. The van der Waals surface area contributed by atoms with Gasteiger partial charge in [-0.2, -0.15) is 0 Å². The van der Waals surface area contributed by atoms with Crippen molar-refractivity contribution in [3.8, 4) is 23.0 Å². The Morgan fingerprint density at radius 2 is 0.331 bits per heavy atom. The number of alkyl halides is 4. The third kappa shape index (κ3) is 29.3. The second-order valence-corrected chi connectivity index (χ2v) is 32.3. The van der Waals surface area contributed by atoms with Crippen molar-refractivity contribution in [3.63, 3.8) is 0 Å². The molecule has 0 unspecified atom stereocenters. The standard InChI is InChI=1S/4C21H16N2O.4C6F5.C2H4Cl2.4Au/c4*1-22-16-10-12-17(13-11-16)24-15-14-23-20-8-4-2-6-18(20)19-7-3-5-9-21(19)23;4*7-2-1-3(8)5(10)6(11)4(2)9;1-3-2-4-1;;;;/h4*2-13H,14-15H2;;;;;1-2H2;;;;/q;;;;4*-1;+2;4*+1. The van der Waals surface area contributed by atoms with Gasteiger partial charge >= 0.3 is 100 Å². The fraction of sp³-hybridized carbons (Fsp3) is 0.0909. The van der Waals surface area contributed by atoms with Gasteiger partial charge in [0.1, 0.15) is 49.4 Å². The Morgan fingerprint density at radius 3 is 0.453 bits per heavy atom. The maximum absolute atomic E-state index is 12.0. The van der Waals surface area contributed by atoms with E-state index >= 15 is 0 Å². The van der Waals surface area contributed by atoms with E-state index in [0.29, 0.717) is 49.2 Å². The summed E-state index contributed by atoms with van der Waals surface area (Å²) in [5.41, 5.74) is 12.3. The first kappa shape index (κ1) is 118.